The molecule has 2 rings (SSSR count). The zero-order chi connectivity index (χ0) is 14.0. The quantitative estimate of drug-likeness (QED) is 0.919. The minimum Gasteiger partial charge on any atom is -0.493 e. The van der Waals surface area contributed by atoms with Crippen LogP contribution in [0.25, 0.3) is 0 Å². The van der Waals surface area contributed by atoms with Gasteiger partial charge in [-0.25, -0.2) is 13.2 Å². The summed E-state index contributed by atoms with van der Waals surface area (Å²) in [7, 11) is 1.31. The summed E-state index contributed by atoms with van der Waals surface area (Å²) in [6.45, 7) is 2.31. The fraction of sp³-hybridized carbons (Fsp3) is 0.538. The van der Waals surface area contributed by atoms with Crippen LogP contribution >= 0.6 is 0 Å². The molecule has 0 radical (unpaired) electrons. The fourth-order valence-electron chi connectivity index (χ4n) is 2.09. The van der Waals surface area contributed by atoms with Gasteiger partial charge in [0, 0.05) is 31.1 Å². The van der Waals surface area contributed by atoms with E-state index in [0.29, 0.717) is 25.3 Å². The monoisotopic (exact) mass is 275 g/mol. The smallest absolute Gasteiger partial charge is 0.270 e. The molecule has 6 heteroatoms. The number of alkyl halides is 2. The van der Waals surface area contributed by atoms with Crippen molar-refractivity contribution < 1.29 is 22.6 Å². The van der Waals surface area contributed by atoms with Crippen LogP contribution in [0.3, 0.4) is 0 Å². The maximum absolute atomic E-state index is 13.9. The molecule has 106 valence electrons. The van der Waals surface area contributed by atoms with E-state index < -0.39 is 17.8 Å². The molecule has 1 aromatic carbocycles. The van der Waals surface area contributed by atoms with Crippen molar-refractivity contribution in [3.05, 3.63) is 29.1 Å². The highest BCUT2D eigenvalue weighted by Crippen LogP contribution is 2.37. The number of benzene rings is 1. The molecule has 0 bridgehead atoms. The van der Waals surface area contributed by atoms with Crippen molar-refractivity contribution in [3.63, 3.8) is 0 Å². The van der Waals surface area contributed by atoms with Crippen LogP contribution in [-0.2, 0) is 10.7 Å². The highest BCUT2D eigenvalue weighted by molar-refractivity contribution is 5.42. The number of hydrogen-bond acceptors (Lipinski definition) is 3. The lowest BCUT2D eigenvalue weighted by atomic mass is 10.0. The Morgan fingerprint density at radius 2 is 2.16 bits per heavy atom. The lowest BCUT2D eigenvalue weighted by Gasteiger charge is -2.26. The number of halogens is 3. The summed E-state index contributed by atoms with van der Waals surface area (Å²) in [5.41, 5.74) is -0.0683. The summed E-state index contributed by atoms with van der Waals surface area (Å²) in [6.07, 6.45) is -0.486. The zero-order valence-corrected chi connectivity index (χ0v) is 10.8. The lowest BCUT2D eigenvalue weighted by Crippen LogP contribution is -2.33. The van der Waals surface area contributed by atoms with Gasteiger partial charge >= 0.3 is 0 Å². The van der Waals surface area contributed by atoms with E-state index in [1.807, 2.05) is 0 Å². The Bertz CT molecular complexity index is 454. The molecule has 1 aliphatic heterocycles. The van der Waals surface area contributed by atoms with Gasteiger partial charge in [-0.15, -0.1) is 0 Å². The van der Waals surface area contributed by atoms with E-state index in [2.05, 4.69) is 5.32 Å². The van der Waals surface area contributed by atoms with E-state index in [-0.39, 0.29) is 11.3 Å². The summed E-state index contributed by atoms with van der Waals surface area (Å²) in [5.74, 6) is -3.95. The van der Waals surface area contributed by atoms with E-state index in [1.54, 1.807) is 0 Å². The van der Waals surface area contributed by atoms with Gasteiger partial charge in [0.25, 0.3) is 5.92 Å². The van der Waals surface area contributed by atoms with Crippen molar-refractivity contribution in [3.8, 4) is 5.75 Å². The average Bonchev–Trinajstić information content (AvgIpc) is 2.37. The Labute approximate surface area is 109 Å². The molecule has 3 nitrogen and oxygen atoms in total. The van der Waals surface area contributed by atoms with Crippen LogP contribution in [0.15, 0.2) is 12.1 Å². The zero-order valence-electron chi connectivity index (χ0n) is 10.8. The highest BCUT2D eigenvalue weighted by Gasteiger charge is 2.30. The molecule has 1 unspecified atom stereocenters. The highest BCUT2D eigenvalue weighted by atomic mass is 19.3. The maximum Gasteiger partial charge on any atom is 0.270 e. The summed E-state index contributed by atoms with van der Waals surface area (Å²) in [5, 5.41) is 3.07. The SMILES string of the molecule is COc1c(F)cc(C(C)(F)F)cc1C1CNCCO1. The Kier molecular flexibility index (Phi) is 4.01. The van der Waals surface area contributed by atoms with E-state index in [4.69, 9.17) is 9.47 Å². The van der Waals surface area contributed by atoms with Crippen molar-refractivity contribution in [2.24, 2.45) is 0 Å². The molecule has 1 aliphatic rings. The molecule has 1 atom stereocenters. The normalized spacial score (nSPS) is 20.4. The summed E-state index contributed by atoms with van der Waals surface area (Å²) in [4.78, 5) is 0. The van der Waals surface area contributed by atoms with Crippen LogP contribution in [0, 0.1) is 5.82 Å². The molecule has 19 heavy (non-hydrogen) atoms. The van der Waals surface area contributed by atoms with Crippen molar-refractivity contribution in [1.82, 2.24) is 5.32 Å². The minimum absolute atomic E-state index is 0.0401. The number of methoxy groups -OCH3 is 1. The molecule has 1 aromatic rings. The van der Waals surface area contributed by atoms with Gasteiger partial charge in [0.1, 0.15) is 0 Å². The summed E-state index contributed by atoms with van der Waals surface area (Å²) < 4.78 is 51.0. The maximum atomic E-state index is 13.9. The number of nitrogens with one attached hydrogen (secondary N) is 1. The Hall–Kier alpha value is -1.27. The van der Waals surface area contributed by atoms with Crippen molar-refractivity contribution in [2.75, 3.05) is 26.8 Å². The number of ether oxygens (including phenoxy) is 2. The number of hydrogen-bond donors (Lipinski definition) is 1. The van der Waals surface area contributed by atoms with E-state index in [0.717, 1.165) is 13.0 Å². The molecule has 1 heterocycles. The topological polar surface area (TPSA) is 30.5 Å². The summed E-state index contributed by atoms with van der Waals surface area (Å²) in [6, 6.07) is 2.05. The molecule has 1 saturated heterocycles. The molecule has 0 aromatic heterocycles. The first-order valence-electron chi connectivity index (χ1n) is 6.01. The first-order valence-corrected chi connectivity index (χ1v) is 6.01. The third-order valence-electron chi connectivity index (χ3n) is 3.06. The third-order valence-corrected chi connectivity index (χ3v) is 3.06. The Morgan fingerprint density at radius 3 is 2.68 bits per heavy atom. The molecule has 0 aliphatic carbocycles. The van der Waals surface area contributed by atoms with Gasteiger partial charge in [0.15, 0.2) is 11.6 Å². The van der Waals surface area contributed by atoms with Crippen molar-refractivity contribution in [2.45, 2.75) is 19.0 Å². The third kappa shape index (κ3) is 3.01. The molecule has 0 spiro atoms. The second-order valence-corrected chi connectivity index (χ2v) is 4.53. The first-order chi connectivity index (χ1) is 8.93. The predicted molar refractivity (Wildman–Crippen MR) is 64.1 cm³/mol. The van der Waals surface area contributed by atoms with Gasteiger partial charge in [0.05, 0.1) is 19.8 Å². The van der Waals surface area contributed by atoms with E-state index in [1.165, 1.54) is 13.2 Å². The number of morpholine rings is 1. The van der Waals surface area contributed by atoms with Crippen LogP contribution in [0.4, 0.5) is 13.2 Å². The average molecular weight is 275 g/mol. The first kappa shape index (κ1) is 14.1. The van der Waals surface area contributed by atoms with Crippen LogP contribution in [-0.4, -0.2) is 26.8 Å². The molecule has 0 amide bonds. The lowest BCUT2D eigenvalue weighted by molar-refractivity contribution is 0.0140. The van der Waals surface area contributed by atoms with Crippen LogP contribution in [0.2, 0.25) is 0 Å². The van der Waals surface area contributed by atoms with Crippen molar-refractivity contribution in [1.29, 1.82) is 0 Å². The van der Waals surface area contributed by atoms with Crippen LogP contribution in [0.5, 0.6) is 5.75 Å². The molecule has 1 fully saturated rings. The van der Waals surface area contributed by atoms with Gasteiger partial charge in [-0.05, 0) is 12.1 Å². The number of rotatable bonds is 3. The predicted octanol–water partition coefficient (Wildman–Crippen LogP) is 2.61. The minimum atomic E-state index is -3.11. The Balaban J connectivity index is 2.46. The van der Waals surface area contributed by atoms with Gasteiger partial charge < -0.3 is 14.8 Å². The standard InChI is InChI=1S/C13H16F3NO2/c1-13(15,16)8-5-9(11-7-17-3-4-19-11)12(18-2)10(14)6-8/h5-6,11,17H,3-4,7H2,1-2H3. The van der Waals surface area contributed by atoms with E-state index in [9.17, 15) is 13.2 Å². The van der Waals surface area contributed by atoms with E-state index >= 15 is 0 Å². The van der Waals surface area contributed by atoms with Gasteiger partial charge in [0.2, 0.25) is 0 Å². The molecule has 0 saturated carbocycles. The van der Waals surface area contributed by atoms with Crippen molar-refractivity contribution >= 4 is 0 Å². The van der Waals surface area contributed by atoms with Gasteiger partial charge in [-0.3, -0.25) is 0 Å². The summed E-state index contributed by atoms with van der Waals surface area (Å²) >= 11 is 0. The van der Waals surface area contributed by atoms with Crippen LogP contribution < -0.4 is 10.1 Å². The second-order valence-electron chi connectivity index (χ2n) is 4.53. The molecular formula is C13H16F3NO2. The molecular weight excluding hydrogens is 259 g/mol. The largest absolute Gasteiger partial charge is 0.493 e. The van der Waals surface area contributed by atoms with Crippen LogP contribution in [0.1, 0.15) is 24.2 Å². The van der Waals surface area contributed by atoms with Gasteiger partial charge in [-0.2, -0.15) is 0 Å². The van der Waals surface area contributed by atoms with Gasteiger partial charge in [-0.1, -0.05) is 0 Å². The molecule has 1 N–H and O–H groups in total. The Morgan fingerprint density at radius 1 is 1.42 bits per heavy atom. The second kappa shape index (κ2) is 5.38. The fourth-order valence-corrected chi connectivity index (χ4v) is 2.09.